The lowest BCUT2D eigenvalue weighted by molar-refractivity contribution is 0.0781. The molecule has 1 amide bonds. The van der Waals surface area contributed by atoms with Gasteiger partial charge in [0.2, 0.25) is 0 Å². The van der Waals surface area contributed by atoms with E-state index in [4.69, 9.17) is 4.52 Å². The van der Waals surface area contributed by atoms with E-state index < -0.39 is 0 Å². The standard InChI is InChI=1S/C19H22N6O2/c1-12-18(13(2)27-23-12)16-8-20-15(7-21-16)6-14-4-5-25(9-14)19(26)17-10-24(3)11-22-17/h7-8,10-11,14H,4-6,9H2,1-3H3/t14-/m0/s1. The lowest BCUT2D eigenvalue weighted by Crippen LogP contribution is -2.29. The molecule has 3 aromatic rings. The van der Waals surface area contributed by atoms with E-state index in [1.807, 2.05) is 32.0 Å². The maximum Gasteiger partial charge on any atom is 0.274 e. The molecular weight excluding hydrogens is 344 g/mol. The third-order valence-electron chi connectivity index (χ3n) is 4.99. The Morgan fingerprint density at radius 2 is 2.11 bits per heavy atom. The maximum atomic E-state index is 12.5. The number of aryl methyl sites for hydroxylation is 3. The lowest BCUT2D eigenvalue weighted by Gasteiger charge is -2.15. The molecule has 0 radical (unpaired) electrons. The van der Waals surface area contributed by atoms with Crippen molar-refractivity contribution in [3.63, 3.8) is 0 Å². The highest BCUT2D eigenvalue weighted by molar-refractivity contribution is 5.92. The van der Waals surface area contributed by atoms with E-state index in [9.17, 15) is 4.79 Å². The Morgan fingerprint density at radius 1 is 1.26 bits per heavy atom. The van der Waals surface area contributed by atoms with Crippen molar-refractivity contribution in [2.45, 2.75) is 26.7 Å². The Bertz CT molecular complexity index is 939. The third-order valence-corrected chi connectivity index (χ3v) is 4.99. The first-order valence-electron chi connectivity index (χ1n) is 9.02. The summed E-state index contributed by atoms with van der Waals surface area (Å²) in [6, 6.07) is 0. The molecule has 1 fully saturated rings. The summed E-state index contributed by atoms with van der Waals surface area (Å²) < 4.78 is 6.99. The molecule has 4 rings (SSSR count). The van der Waals surface area contributed by atoms with Crippen molar-refractivity contribution in [3.05, 3.63) is 47.8 Å². The molecule has 27 heavy (non-hydrogen) atoms. The lowest BCUT2D eigenvalue weighted by atomic mass is 10.0. The smallest absolute Gasteiger partial charge is 0.274 e. The molecule has 4 heterocycles. The summed E-state index contributed by atoms with van der Waals surface area (Å²) in [5, 5.41) is 3.96. The molecule has 0 bridgehead atoms. The molecule has 0 spiro atoms. The van der Waals surface area contributed by atoms with Crippen molar-refractivity contribution in [1.29, 1.82) is 0 Å². The number of rotatable bonds is 4. The van der Waals surface area contributed by atoms with E-state index in [2.05, 4.69) is 20.1 Å². The van der Waals surface area contributed by atoms with Gasteiger partial charge in [-0.15, -0.1) is 0 Å². The van der Waals surface area contributed by atoms with Gasteiger partial charge in [0.1, 0.15) is 11.5 Å². The number of nitrogens with zero attached hydrogens (tertiary/aromatic N) is 6. The van der Waals surface area contributed by atoms with Crippen LogP contribution in [0, 0.1) is 19.8 Å². The van der Waals surface area contributed by atoms with Crippen LogP contribution >= 0.6 is 0 Å². The summed E-state index contributed by atoms with van der Waals surface area (Å²) >= 11 is 0. The minimum absolute atomic E-state index is 0.00191. The Hall–Kier alpha value is -3.03. The molecule has 1 aliphatic rings. The van der Waals surface area contributed by atoms with Crippen molar-refractivity contribution in [1.82, 2.24) is 29.6 Å². The molecule has 0 N–H and O–H groups in total. The van der Waals surface area contributed by atoms with Crippen LogP contribution in [0.3, 0.4) is 0 Å². The largest absolute Gasteiger partial charge is 0.361 e. The highest BCUT2D eigenvalue weighted by Gasteiger charge is 2.28. The number of imidazole rings is 1. The van der Waals surface area contributed by atoms with Gasteiger partial charge in [-0.1, -0.05) is 5.16 Å². The zero-order chi connectivity index (χ0) is 19.0. The predicted octanol–water partition coefficient (Wildman–Crippen LogP) is 2.19. The van der Waals surface area contributed by atoms with Crippen LogP contribution in [0.2, 0.25) is 0 Å². The second kappa shape index (κ2) is 6.94. The Kier molecular flexibility index (Phi) is 4.47. The molecule has 1 saturated heterocycles. The summed E-state index contributed by atoms with van der Waals surface area (Å²) in [6.45, 7) is 5.25. The van der Waals surface area contributed by atoms with Crippen molar-refractivity contribution in [2.24, 2.45) is 13.0 Å². The zero-order valence-electron chi connectivity index (χ0n) is 15.7. The van der Waals surface area contributed by atoms with E-state index in [0.29, 0.717) is 11.6 Å². The first-order valence-corrected chi connectivity index (χ1v) is 9.02. The summed E-state index contributed by atoms with van der Waals surface area (Å²) in [5.41, 5.74) is 3.92. The van der Waals surface area contributed by atoms with E-state index in [1.54, 1.807) is 23.3 Å². The molecule has 1 atom stereocenters. The van der Waals surface area contributed by atoms with E-state index in [1.165, 1.54) is 0 Å². The molecular formula is C19H22N6O2. The Balaban J connectivity index is 1.39. The van der Waals surface area contributed by atoms with E-state index >= 15 is 0 Å². The van der Waals surface area contributed by atoms with Gasteiger partial charge < -0.3 is 14.0 Å². The molecule has 8 nitrogen and oxygen atoms in total. The van der Waals surface area contributed by atoms with Gasteiger partial charge in [-0.2, -0.15) is 0 Å². The van der Waals surface area contributed by atoms with Crippen molar-refractivity contribution in [2.75, 3.05) is 13.1 Å². The van der Waals surface area contributed by atoms with Gasteiger partial charge in [-0.3, -0.25) is 14.8 Å². The minimum atomic E-state index is -0.00191. The molecule has 0 saturated carbocycles. The number of hydrogen-bond donors (Lipinski definition) is 0. The molecule has 0 aromatic carbocycles. The summed E-state index contributed by atoms with van der Waals surface area (Å²) in [4.78, 5) is 27.6. The van der Waals surface area contributed by atoms with Crippen LogP contribution in [0.5, 0.6) is 0 Å². The average molecular weight is 366 g/mol. The average Bonchev–Trinajstić information content (AvgIpc) is 3.37. The van der Waals surface area contributed by atoms with Crippen LogP contribution in [0.25, 0.3) is 11.3 Å². The summed E-state index contributed by atoms with van der Waals surface area (Å²) in [7, 11) is 1.86. The molecule has 1 aliphatic heterocycles. The summed E-state index contributed by atoms with van der Waals surface area (Å²) in [5.74, 6) is 1.13. The van der Waals surface area contributed by atoms with Crippen LogP contribution in [-0.4, -0.2) is 48.6 Å². The minimum Gasteiger partial charge on any atom is -0.361 e. The number of carbonyl (C=O) groups excluding carboxylic acids is 1. The van der Waals surface area contributed by atoms with Crippen LogP contribution in [0.1, 0.15) is 34.1 Å². The van der Waals surface area contributed by atoms with Gasteiger partial charge in [0.05, 0.1) is 35.2 Å². The number of amides is 1. The second-order valence-electron chi connectivity index (χ2n) is 7.13. The Morgan fingerprint density at radius 3 is 2.74 bits per heavy atom. The van der Waals surface area contributed by atoms with Gasteiger partial charge >= 0.3 is 0 Å². The molecule has 3 aromatic heterocycles. The van der Waals surface area contributed by atoms with Gasteiger partial charge in [0.25, 0.3) is 5.91 Å². The van der Waals surface area contributed by atoms with Gasteiger partial charge in [-0.25, -0.2) is 4.98 Å². The molecule has 0 aliphatic carbocycles. The fraction of sp³-hybridized carbons (Fsp3) is 0.421. The zero-order valence-corrected chi connectivity index (χ0v) is 15.7. The highest BCUT2D eigenvalue weighted by Crippen LogP contribution is 2.25. The fourth-order valence-corrected chi connectivity index (χ4v) is 3.60. The van der Waals surface area contributed by atoms with Crippen molar-refractivity contribution < 1.29 is 9.32 Å². The van der Waals surface area contributed by atoms with Crippen molar-refractivity contribution >= 4 is 5.91 Å². The molecule has 0 unspecified atom stereocenters. The van der Waals surface area contributed by atoms with Crippen LogP contribution < -0.4 is 0 Å². The number of carbonyl (C=O) groups is 1. The molecule has 140 valence electrons. The first kappa shape index (κ1) is 17.4. The maximum absolute atomic E-state index is 12.5. The predicted molar refractivity (Wildman–Crippen MR) is 97.9 cm³/mol. The van der Waals surface area contributed by atoms with E-state index in [-0.39, 0.29) is 5.91 Å². The third kappa shape index (κ3) is 3.47. The number of hydrogen-bond acceptors (Lipinski definition) is 6. The second-order valence-corrected chi connectivity index (χ2v) is 7.13. The topological polar surface area (TPSA) is 89.9 Å². The first-order chi connectivity index (χ1) is 13.0. The van der Waals surface area contributed by atoms with Crippen molar-refractivity contribution in [3.8, 4) is 11.3 Å². The highest BCUT2D eigenvalue weighted by atomic mass is 16.5. The van der Waals surface area contributed by atoms with Gasteiger partial charge in [0, 0.05) is 32.5 Å². The quantitative estimate of drug-likeness (QED) is 0.703. The molecule has 8 heteroatoms. The Labute approximate surface area is 157 Å². The number of likely N-dealkylation sites (tertiary alicyclic amines) is 1. The van der Waals surface area contributed by atoms with Crippen LogP contribution in [0.15, 0.2) is 29.4 Å². The fourth-order valence-electron chi connectivity index (χ4n) is 3.60. The SMILES string of the molecule is Cc1noc(C)c1-c1cnc(C[C@@H]2CCN(C(=O)c3cn(C)cn3)C2)cn1. The van der Waals surface area contributed by atoms with Crippen LogP contribution in [-0.2, 0) is 13.5 Å². The van der Waals surface area contributed by atoms with Crippen LogP contribution in [0.4, 0.5) is 0 Å². The summed E-state index contributed by atoms with van der Waals surface area (Å²) in [6.07, 6.45) is 8.76. The monoisotopic (exact) mass is 366 g/mol. The van der Waals surface area contributed by atoms with Gasteiger partial charge in [0.15, 0.2) is 0 Å². The normalized spacial score (nSPS) is 16.9. The number of aromatic nitrogens is 5. The van der Waals surface area contributed by atoms with E-state index in [0.717, 1.165) is 54.3 Å². The van der Waals surface area contributed by atoms with Gasteiger partial charge in [-0.05, 0) is 32.6 Å².